The van der Waals surface area contributed by atoms with E-state index in [0.29, 0.717) is 26.2 Å². The van der Waals surface area contributed by atoms with Crippen LogP contribution in [-0.4, -0.2) is 45.6 Å². The average Bonchev–Trinajstić information content (AvgIpc) is 2.31. The van der Waals surface area contributed by atoms with Crippen molar-refractivity contribution in [1.29, 1.82) is 0 Å². The fourth-order valence-corrected chi connectivity index (χ4v) is 1.90. The monoisotopic (exact) mass is 231 g/mol. The summed E-state index contributed by atoms with van der Waals surface area (Å²) in [4.78, 5) is 0. The second-order valence-corrected chi connectivity index (χ2v) is 4.86. The second-order valence-electron chi connectivity index (χ2n) is 4.86. The number of rotatable bonds is 6. The molecule has 0 amide bonds. The molecule has 5 nitrogen and oxygen atoms in total. The van der Waals surface area contributed by atoms with Gasteiger partial charge >= 0.3 is 0 Å². The lowest BCUT2D eigenvalue weighted by Gasteiger charge is -2.50. The molecular weight excluding hydrogens is 210 g/mol. The Balaban J connectivity index is 1.69. The van der Waals surface area contributed by atoms with Gasteiger partial charge in [0.2, 0.25) is 0 Å². The molecule has 0 aromatic heterocycles. The van der Waals surface area contributed by atoms with Gasteiger partial charge in [-0.25, -0.2) is 0 Å². The highest BCUT2D eigenvalue weighted by Gasteiger charge is 2.49. The summed E-state index contributed by atoms with van der Waals surface area (Å²) in [5.74, 6) is -0.802. The third-order valence-electron chi connectivity index (χ3n) is 2.96. The van der Waals surface area contributed by atoms with Gasteiger partial charge in [0.25, 0.3) is 5.97 Å². The molecule has 5 heteroatoms. The highest BCUT2D eigenvalue weighted by atomic mass is 16.9. The third-order valence-corrected chi connectivity index (χ3v) is 2.96. The predicted octanol–water partition coefficient (Wildman–Crippen LogP) is 0.479. The Morgan fingerprint density at radius 1 is 1.12 bits per heavy atom. The van der Waals surface area contributed by atoms with Crippen LogP contribution >= 0.6 is 0 Å². The first kappa shape index (κ1) is 12.3. The van der Waals surface area contributed by atoms with E-state index in [0.717, 1.165) is 26.2 Å². The van der Waals surface area contributed by atoms with Gasteiger partial charge in [-0.1, -0.05) is 6.92 Å². The molecule has 0 unspecified atom stereocenters. The highest BCUT2D eigenvalue weighted by Crippen LogP contribution is 2.40. The highest BCUT2D eigenvalue weighted by molar-refractivity contribution is 4.84. The minimum absolute atomic E-state index is 0.0395. The summed E-state index contributed by atoms with van der Waals surface area (Å²) in [7, 11) is 0. The van der Waals surface area contributed by atoms with Gasteiger partial charge in [-0.05, 0) is 6.42 Å². The number of ether oxygens (including phenoxy) is 4. The lowest BCUT2D eigenvalue weighted by molar-refractivity contribution is -0.467. The molecule has 0 aliphatic carbocycles. The molecule has 94 valence electrons. The van der Waals surface area contributed by atoms with Crippen molar-refractivity contribution < 1.29 is 18.9 Å². The summed E-state index contributed by atoms with van der Waals surface area (Å²) < 4.78 is 22.3. The number of hydrogen-bond acceptors (Lipinski definition) is 5. The van der Waals surface area contributed by atoms with Gasteiger partial charge in [0.05, 0.1) is 26.4 Å². The Labute approximate surface area is 96.2 Å². The molecule has 3 fully saturated rings. The van der Waals surface area contributed by atoms with Crippen LogP contribution in [0.15, 0.2) is 0 Å². The first-order chi connectivity index (χ1) is 7.68. The molecule has 0 aromatic rings. The molecule has 0 saturated carbocycles. The Kier molecular flexibility index (Phi) is 3.81. The van der Waals surface area contributed by atoms with Crippen molar-refractivity contribution in [1.82, 2.24) is 0 Å². The van der Waals surface area contributed by atoms with Crippen LogP contribution in [0.1, 0.15) is 19.8 Å². The van der Waals surface area contributed by atoms with E-state index in [1.807, 2.05) is 0 Å². The molecule has 0 radical (unpaired) electrons. The summed E-state index contributed by atoms with van der Waals surface area (Å²) in [6.45, 7) is 6.11. The molecule has 3 rings (SSSR count). The smallest absolute Gasteiger partial charge is 0.283 e. The van der Waals surface area contributed by atoms with E-state index in [2.05, 4.69) is 6.92 Å². The Morgan fingerprint density at radius 3 is 2.31 bits per heavy atom. The summed E-state index contributed by atoms with van der Waals surface area (Å²) in [5.41, 5.74) is 5.37. The van der Waals surface area contributed by atoms with Gasteiger partial charge in [0.15, 0.2) is 0 Å². The first-order valence-corrected chi connectivity index (χ1v) is 5.88. The molecule has 3 heterocycles. The van der Waals surface area contributed by atoms with Crippen LogP contribution in [0, 0.1) is 5.41 Å². The Bertz CT molecular complexity index is 209. The zero-order valence-corrected chi connectivity index (χ0v) is 9.87. The van der Waals surface area contributed by atoms with Crippen LogP contribution in [0.25, 0.3) is 0 Å². The normalized spacial score (nSPS) is 37.9. The summed E-state index contributed by atoms with van der Waals surface area (Å²) in [6, 6.07) is 0. The SMILES string of the molecule is CC12COC(CCCOCCN)(OC1)OC2. The van der Waals surface area contributed by atoms with Gasteiger partial charge in [-0.2, -0.15) is 0 Å². The van der Waals surface area contributed by atoms with Crippen molar-refractivity contribution in [3.63, 3.8) is 0 Å². The van der Waals surface area contributed by atoms with Crippen molar-refractivity contribution in [3.05, 3.63) is 0 Å². The summed E-state index contributed by atoms with van der Waals surface area (Å²) in [5, 5.41) is 0. The number of nitrogens with two attached hydrogens (primary N) is 1. The predicted molar refractivity (Wildman–Crippen MR) is 57.8 cm³/mol. The van der Waals surface area contributed by atoms with Gasteiger partial charge in [0, 0.05) is 25.0 Å². The lowest BCUT2D eigenvalue weighted by atomic mass is 9.91. The van der Waals surface area contributed by atoms with Gasteiger partial charge in [-0.3, -0.25) is 0 Å². The van der Waals surface area contributed by atoms with E-state index >= 15 is 0 Å². The van der Waals surface area contributed by atoms with Crippen LogP contribution in [0.4, 0.5) is 0 Å². The lowest BCUT2D eigenvalue weighted by Crippen LogP contribution is -2.58. The molecular formula is C11H21NO4. The largest absolute Gasteiger partial charge is 0.380 e. The fourth-order valence-electron chi connectivity index (χ4n) is 1.90. The zero-order valence-electron chi connectivity index (χ0n) is 9.87. The maximum Gasteiger partial charge on any atom is 0.283 e. The van der Waals surface area contributed by atoms with E-state index in [9.17, 15) is 0 Å². The summed E-state index contributed by atoms with van der Waals surface area (Å²) >= 11 is 0. The minimum Gasteiger partial charge on any atom is -0.380 e. The maximum atomic E-state index is 5.65. The van der Waals surface area contributed by atoms with Gasteiger partial charge in [-0.15, -0.1) is 0 Å². The molecule has 16 heavy (non-hydrogen) atoms. The molecule has 0 aromatic carbocycles. The van der Waals surface area contributed by atoms with Crippen LogP contribution in [-0.2, 0) is 18.9 Å². The van der Waals surface area contributed by atoms with E-state index in [4.69, 9.17) is 24.7 Å². The Hall–Kier alpha value is -0.200. The van der Waals surface area contributed by atoms with Crippen LogP contribution < -0.4 is 5.73 Å². The minimum atomic E-state index is -0.802. The number of fused-ring (bicyclic) bond motifs is 3. The molecule has 2 N–H and O–H groups in total. The maximum absolute atomic E-state index is 5.65. The van der Waals surface area contributed by atoms with Crippen LogP contribution in [0.3, 0.4) is 0 Å². The summed E-state index contributed by atoms with van der Waals surface area (Å²) in [6.07, 6.45) is 1.57. The zero-order chi connectivity index (χ0) is 11.5. The average molecular weight is 231 g/mol. The van der Waals surface area contributed by atoms with Crippen molar-refractivity contribution in [2.24, 2.45) is 11.1 Å². The molecule has 0 atom stereocenters. The standard InChI is InChI=1S/C11H21NO4/c1-10-7-14-11(15-8-10,16-9-10)3-2-5-13-6-4-12/h2-9,12H2,1H3. The fraction of sp³-hybridized carbons (Fsp3) is 1.00. The van der Waals surface area contributed by atoms with Crippen molar-refractivity contribution in [2.45, 2.75) is 25.7 Å². The van der Waals surface area contributed by atoms with E-state index in [1.54, 1.807) is 0 Å². The van der Waals surface area contributed by atoms with Gasteiger partial charge in [0.1, 0.15) is 0 Å². The number of hydrogen-bond donors (Lipinski definition) is 1. The molecule has 3 aliphatic heterocycles. The molecule has 2 bridgehead atoms. The van der Waals surface area contributed by atoms with Gasteiger partial charge < -0.3 is 24.7 Å². The van der Waals surface area contributed by atoms with Crippen molar-refractivity contribution >= 4 is 0 Å². The third kappa shape index (κ3) is 2.73. The van der Waals surface area contributed by atoms with Crippen molar-refractivity contribution in [2.75, 3.05) is 39.6 Å². The van der Waals surface area contributed by atoms with E-state index < -0.39 is 5.97 Å². The second kappa shape index (κ2) is 4.98. The molecule has 0 spiro atoms. The van der Waals surface area contributed by atoms with Crippen molar-refractivity contribution in [3.8, 4) is 0 Å². The van der Waals surface area contributed by atoms with E-state index in [1.165, 1.54) is 0 Å². The Morgan fingerprint density at radius 2 is 1.75 bits per heavy atom. The van der Waals surface area contributed by atoms with Crippen LogP contribution in [0.2, 0.25) is 0 Å². The molecule has 3 saturated heterocycles. The van der Waals surface area contributed by atoms with Crippen LogP contribution in [0.5, 0.6) is 0 Å². The quantitative estimate of drug-likeness (QED) is 0.674. The molecule has 3 aliphatic rings. The first-order valence-electron chi connectivity index (χ1n) is 5.88. The topological polar surface area (TPSA) is 62.9 Å². The van der Waals surface area contributed by atoms with E-state index in [-0.39, 0.29) is 5.41 Å².